The van der Waals surface area contributed by atoms with E-state index < -0.39 is 0 Å². The summed E-state index contributed by atoms with van der Waals surface area (Å²) >= 11 is 0. The molecule has 1 aliphatic carbocycles. The molecule has 0 amide bonds. The zero-order valence-electron chi connectivity index (χ0n) is 21.2. The monoisotopic (exact) mass is 466 g/mol. The van der Waals surface area contributed by atoms with Gasteiger partial charge >= 0.3 is 5.97 Å². The van der Waals surface area contributed by atoms with Gasteiger partial charge in [-0.2, -0.15) is 0 Å². The maximum absolute atomic E-state index is 12.7. The van der Waals surface area contributed by atoms with Crippen molar-refractivity contribution in [2.45, 2.75) is 70.6 Å². The minimum Gasteiger partial charge on any atom is -0.426 e. The van der Waals surface area contributed by atoms with Crippen molar-refractivity contribution in [3.05, 3.63) is 113 Å². The lowest BCUT2D eigenvalue weighted by atomic mass is 9.78. The van der Waals surface area contributed by atoms with Crippen molar-refractivity contribution in [1.82, 2.24) is 0 Å². The van der Waals surface area contributed by atoms with E-state index in [0.717, 1.165) is 44.9 Å². The van der Waals surface area contributed by atoms with Crippen LogP contribution in [-0.2, 0) is 17.6 Å². The first-order chi connectivity index (χ1) is 17.1. The van der Waals surface area contributed by atoms with Crippen LogP contribution >= 0.6 is 0 Å². The Bertz CT molecular complexity index is 1070. The van der Waals surface area contributed by atoms with Gasteiger partial charge in [-0.3, -0.25) is 4.79 Å². The number of hydrogen-bond donors (Lipinski definition) is 0. The Morgan fingerprint density at radius 1 is 0.886 bits per heavy atom. The molecule has 35 heavy (non-hydrogen) atoms. The van der Waals surface area contributed by atoms with Crippen LogP contribution in [0.2, 0.25) is 0 Å². The van der Waals surface area contributed by atoms with Crippen molar-refractivity contribution < 1.29 is 9.53 Å². The number of allylic oxidation sites excluding steroid dienone is 2. The molecule has 1 atom stereocenters. The fourth-order valence-electron chi connectivity index (χ4n) is 5.18. The topological polar surface area (TPSA) is 26.3 Å². The molecule has 1 aliphatic rings. The van der Waals surface area contributed by atoms with E-state index in [-0.39, 0.29) is 11.9 Å². The van der Waals surface area contributed by atoms with Crippen LogP contribution in [0.4, 0.5) is 0 Å². The van der Waals surface area contributed by atoms with Crippen LogP contribution in [0.25, 0.3) is 0 Å². The molecule has 1 fully saturated rings. The number of rotatable bonds is 9. The molecule has 0 aliphatic heterocycles. The van der Waals surface area contributed by atoms with Gasteiger partial charge in [0.05, 0.1) is 5.92 Å². The lowest BCUT2D eigenvalue weighted by molar-refractivity contribution is -0.140. The largest absolute Gasteiger partial charge is 0.426 e. The number of benzene rings is 3. The summed E-state index contributed by atoms with van der Waals surface area (Å²) in [6.45, 7) is 4.34. The second-order valence-corrected chi connectivity index (χ2v) is 9.98. The number of ether oxygens (including phenoxy) is 1. The number of hydrogen-bond acceptors (Lipinski definition) is 2. The average Bonchev–Trinajstić information content (AvgIpc) is 2.91. The van der Waals surface area contributed by atoms with E-state index in [1.807, 2.05) is 19.1 Å². The lowest BCUT2D eigenvalue weighted by Gasteiger charge is -2.27. The third kappa shape index (κ3) is 7.18. The van der Waals surface area contributed by atoms with Crippen molar-refractivity contribution in [1.29, 1.82) is 0 Å². The highest BCUT2D eigenvalue weighted by molar-refractivity contribution is 5.75. The van der Waals surface area contributed by atoms with E-state index in [4.69, 9.17) is 4.74 Å². The number of carbonyl (C=O) groups is 1. The van der Waals surface area contributed by atoms with Crippen molar-refractivity contribution >= 4 is 5.97 Å². The molecule has 3 aromatic rings. The molecule has 0 saturated heterocycles. The van der Waals surface area contributed by atoms with Crippen LogP contribution in [0.15, 0.2) is 91.0 Å². The molecule has 4 rings (SSSR count). The standard InChI is InChI=1S/C33H38O2/c1-3-4-6-9-26-14-22-32(23-15-26)35-33(34)31-20-18-30(19-21-31)29-16-12-27(13-17-29)24-25(2)28-10-7-5-8-11-28/h3-5,7-8,10-17,22-23,25,30-31H,6,9,18-21,24H2,1-2H3/t25-,30?,31?/m1/s1. The van der Waals surface area contributed by atoms with Gasteiger partial charge in [-0.15, -0.1) is 0 Å². The Morgan fingerprint density at radius 2 is 1.54 bits per heavy atom. The summed E-state index contributed by atoms with van der Waals surface area (Å²) in [7, 11) is 0. The number of carbonyl (C=O) groups excluding carboxylic acids is 1. The second-order valence-electron chi connectivity index (χ2n) is 9.98. The quantitative estimate of drug-likeness (QED) is 0.180. The zero-order valence-corrected chi connectivity index (χ0v) is 21.2. The number of esters is 1. The molecule has 3 aromatic carbocycles. The predicted octanol–water partition coefficient (Wildman–Crippen LogP) is 8.42. The lowest BCUT2D eigenvalue weighted by Crippen LogP contribution is -2.25. The third-order valence-electron chi connectivity index (χ3n) is 7.40. The molecule has 2 heteroatoms. The maximum Gasteiger partial charge on any atom is 0.314 e. The second kappa shape index (κ2) is 12.5. The molecule has 0 spiro atoms. The maximum atomic E-state index is 12.7. The van der Waals surface area contributed by atoms with Crippen molar-refractivity contribution in [2.24, 2.45) is 5.92 Å². The first-order valence-corrected chi connectivity index (χ1v) is 13.2. The Labute approximate surface area is 211 Å². The summed E-state index contributed by atoms with van der Waals surface area (Å²) in [5.74, 6) is 1.64. The van der Waals surface area contributed by atoms with Crippen LogP contribution in [0.1, 0.15) is 80.0 Å². The van der Waals surface area contributed by atoms with E-state index in [0.29, 0.717) is 17.6 Å². The summed E-state index contributed by atoms with van der Waals surface area (Å²) in [6.07, 6.45) is 11.2. The average molecular weight is 467 g/mol. The Kier molecular flexibility index (Phi) is 8.95. The van der Waals surface area contributed by atoms with Gasteiger partial charge in [0.1, 0.15) is 5.75 Å². The van der Waals surface area contributed by atoms with Crippen LogP contribution in [0.5, 0.6) is 5.75 Å². The van der Waals surface area contributed by atoms with Gasteiger partial charge in [0, 0.05) is 0 Å². The van der Waals surface area contributed by atoms with Gasteiger partial charge in [-0.1, -0.05) is 85.8 Å². The van der Waals surface area contributed by atoms with Crippen LogP contribution in [0, 0.1) is 5.92 Å². The Balaban J connectivity index is 1.24. The summed E-state index contributed by atoms with van der Waals surface area (Å²) in [5.41, 5.74) is 5.45. The third-order valence-corrected chi connectivity index (χ3v) is 7.40. The van der Waals surface area contributed by atoms with Crippen LogP contribution < -0.4 is 4.74 Å². The first kappa shape index (κ1) is 25.0. The van der Waals surface area contributed by atoms with E-state index in [1.165, 1.54) is 22.3 Å². The molecule has 0 unspecified atom stereocenters. The van der Waals surface area contributed by atoms with Gasteiger partial charge in [-0.05, 0) is 98.1 Å². The normalized spacial score (nSPS) is 18.9. The summed E-state index contributed by atoms with van der Waals surface area (Å²) < 4.78 is 5.71. The highest BCUT2D eigenvalue weighted by Gasteiger charge is 2.28. The number of aryl methyl sites for hydroxylation is 1. The summed E-state index contributed by atoms with van der Waals surface area (Å²) in [5, 5.41) is 0. The van der Waals surface area contributed by atoms with Gasteiger partial charge in [0.2, 0.25) is 0 Å². The minimum atomic E-state index is -0.0737. The highest BCUT2D eigenvalue weighted by Crippen LogP contribution is 2.36. The van der Waals surface area contributed by atoms with Crippen molar-refractivity contribution in [3.63, 3.8) is 0 Å². The van der Waals surface area contributed by atoms with Crippen molar-refractivity contribution in [3.8, 4) is 5.75 Å². The SMILES string of the molecule is CC=CCCc1ccc(OC(=O)C2CCC(c3ccc(C[C@@H](C)c4ccccc4)cc3)CC2)cc1. The van der Waals surface area contributed by atoms with Gasteiger partial charge in [0.25, 0.3) is 0 Å². The minimum absolute atomic E-state index is 0.00612. The fraction of sp³-hybridized carbons (Fsp3) is 0.364. The molecule has 0 heterocycles. The Hall–Kier alpha value is -3.13. The molecule has 0 radical (unpaired) electrons. The van der Waals surface area contributed by atoms with E-state index in [2.05, 4.69) is 85.8 Å². The predicted molar refractivity (Wildman–Crippen MR) is 145 cm³/mol. The smallest absolute Gasteiger partial charge is 0.314 e. The summed E-state index contributed by atoms with van der Waals surface area (Å²) in [6, 6.07) is 27.9. The molecular weight excluding hydrogens is 428 g/mol. The molecular formula is C33H38O2. The van der Waals surface area contributed by atoms with Gasteiger partial charge < -0.3 is 4.74 Å². The Morgan fingerprint density at radius 3 is 2.20 bits per heavy atom. The fourth-order valence-corrected chi connectivity index (χ4v) is 5.18. The zero-order chi connectivity index (χ0) is 24.5. The highest BCUT2D eigenvalue weighted by atomic mass is 16.5. The molecule has 2 nitrogen and oxygen atoms in total. The molecule has 0 N–H and O–H groups in total. The van der Waals surface area contributed by atoms with E-state index >= 15 is 0 Å². The molecule has 182 valence electrons. The van der Waals surface area contributed by atoms with E-state index in [9.17, 15) is 4.79 Å². The molecule has 0 bridgehead atoms. The molecule has 0 aromatic heterocycles. The summed E-state index contributed by atoms with van der Waals surface area (Å²) in [4.78, 5) is 12.7. The van der Waals surface area contributed by atoms with E-state index in [1.54, 1.807) is 0 Å². The van der Waals surface area contributed by atoms with Crippen LogP contribution in [-0.4, -0.2) is 5.97 Å². The molecule has 1 saturated carbocycles. The van der Waals surface area contributed by atoms with Gasteiger partial charge in [-0.25, -0.2) is 0 Å². The van der Waals surface area contributed by atoms with Gasteiger partial charge in [0.15, 0.2) is 0 Å². The van der Waals surface area contributed by atoms with Crippen molar-refractivity contribution in [2.75, 3.05) is 0 Å². The first-order valence-electron chi connectivity index (χ1n) is 13.2. The van der Waals surface area contributed by atoms with Crippen LogP contribution in [0.3, 0.4) is 0 Å².